The van der Waals surface area contributed by atoms with Crippen molar-refractivity contribution in [3.05, 3.63) is 23.8 Å². The van der Waals surface area contributed by atoms with Gasteiger partial charge in [0.2, 0.25) is 0 Å². The minimum Gasteiger partial charge on any atom is -0.443 e. The molecule has 2 rings (SSSR count). The third-order valence-electron chi connectivity index (χ3n) is 2.99. The van der Waals surface area contributed by atoms with E-state index in [0.29, 0.717) is 18.1 Å². The van der Waals surface area contributed by atoms with Crippen LogP contribution in [0, 0.1) is 0 Å². The number of para-hydroxylation sites is 1. The second-order valence-electron chi connectivity index (χ2n) is 5.90. The highest BCUT2D eigenvalue weighted by atomic mass is 35.5. The normalized spacial score (nSPS) is 15.0. The van der Waals surface area contributed by atoms with E-state index in [0.717, 1.165) is 17.7 Å². The molecule has 0 radical (unpaired) electrons. The fourth-order valence-electron chi connectivity index (χ4n) is 2.21. The van der Waals surface area contributed by atoms with Crippen LogP contribution in [0.3, 0.4) is 0 Å². The summed E-state index contributed by atoms with van der Waals surface area (Å²) < 4.78 is 5.45. The van der Waals surface area contributed by atoms with Crippen LogP contribution in [-0.2, 0) is 11.2 Å². The molecule has 0 aromatic heterocycles. The van der Waals surface area contributed by atoms with Crippen LogP contribution in [0.25, 0.3) is 0 Å². The van der Waals surface area contributed by atoms with Gasteiger partial charge in [-0.1, -0.05) is 12.1 Å². The number of carbonyl (C=O) groups is 1. The number of nitrogens with zero attached hydrogens (tertiary/aromatic N) is 2. The summed E-state index contributed by atoms with van der Waals surface area (Å²) in [5.41, 5.74) is 7.64. The van der Waals surface area contributed by atoms with Crippen molar-refractivity contribution in [3.63, 3.8) is 0 Å². The van der Waals surface area contributed by atoms with E-state index < -0.39 is 5.60 Å². The number of halogens is 1. The number of fused-ring (bicyclic) bond motifs is 1. The standard InChI is InChI=1S/C15H20ClN3O2/c1-15(2,3)21-14(20)19-8-7-10-5-4-6-11(13(10)19)18-12(17)9-16/h4-6H,7-9H2,1-3H3,(H2,17,18). The van der Waals surface area contributed by atoms with E-state index in [4.69, 9.17) is 22.1 Å². The Morgan fingerprint density at radius 2 is 2.19 bits per heavy atom. The topological polar surface area (TPSA) is 67.9 Å². The number of hydrogen-bond donors (Lipinski definition) is 1. The van der Waals surface area contributed by atoms with Gasteiger partial charge < -0.3 is 10.5 Å². The van der Waals surface area contributed by atoms with E-state index in [1.54, 1.807) is 4.90 Å². The number of alkyl halides is 1. The smallest absolute Gasteiger partial charge is 0.414 e. The SMILES string of the molecule is CC(C)(C)OC(=O)N1CCc2cccc(N=C(N)CCl)c21. The summed E-state index contributed by atoms with van der Waals surface area (Å²) >= 11 is 5.68. The maximum Gasteiger partial charge on any atom is 0.414 e. The van der Waals surface area contributed by atoms with Crippen LogP contribution in [0.5, 0.6) is 0 Å². The number of nitrogens with two attached hydrogens (primary N) is 1. The minimum atomic E-state index is -0.535. The lowest BCUT2D eigenvalue weighted by atomic mass is 10.1. The molecule has 1 aliphatic heterocycles. The van der Waals surface area contributed by atoms with Crippen LogP contribution in [-0.4, -0.2) is 30.0 Å². The number of anilines is 1. The second kappa shape index (κ2) is 5.93. The molecule has 1 aromatic rings. The Kier molecular flexibility index (Phi) is 4.42. The Morgan fingerprint density at radius 3 is 2.81 bits per heavy atom. The van der Waals surface area contributed by atoms with Gasteiger partial charge in [-0.15, -0.1) is 11.6 Å². The van der Waals surface area contributed by atoms with Gasteiger partial charge in [0.1, 0.15) is 11.4 Å². The molecule has 5 nitrogen and oxygen atoms in total. The van der Waals surface area contributed by atoms with Gasteiger partial charge in [-0.05, 0) is 38.8 Å². The third kappa shape index (κ3) is 3.67. The molecular formula is C15H20ClN3O2. The lowest BCUT2D eigenvalue weighted by molar-refractivity contribution is 0.0584. The average Bonchev–Trinajstić information content (AvgIpc) is 2.81. The Hall–Kier alpha value is -1.75. The van der Waals surface area contributed by atoms with Gasteiger partial charge in [0.15, 0.2) is 0 Å². The van der Waals surface area contributed by atoms with Crippen molar-refractivity contribution < 1.29 is 9.53 Å². The Labute approximate surface area is 129 Å². The van der Waals surface area contributed by atoms with Gasteiger partial charge in [0.05, 0.1) is 17.3 Å². The largest absolute Gasteiger partial charge is 0.443 e. The molecule has 114 valence electrons. The van der Waals surface area contributed by atoms with E-state index in [-0.39, 0.29) is 12.0 Å². The number of carbonyl (C=O) groups excluding carboxylic acids is 1. The molecular weight excluding hydrogens is 290 g/mol. The second-order valence-corrected chi connectivity index (χ2v) is 6.17. The predicted molar refractivity (Wildman–Crippen MR) is 85.7 cm³/mol. The van der Waals surface area contributed by atoms with Gasteiger partial charge in [-0.3, -0.25) is 4.90 Å². The van der Waals surface area contributed by atoms with Gasteiger partial charge in [0.25, 0.3) is 0 Å². The van der Waals surface area contributed by atoms with Crippen LogP contribution in [0.4, 0.5) is 16.2 Å². The first kappa shape index (κ1) is 15.6. The van der Waals surface area contributed by atoms with E-state index >= 15 is 0 Å². The quantitative estimate of drug-likeness (QED) is 0.518. The highest BCUT2D eigenvalue weighted by Crippen LogP contribution is 2.38. The van der Waals surface area contributed by atoms with Crippen molar-refractivity contribution >= 4 is 34.9 Å². The van der Waals surface area contributed by atoms with Gasteiger partial charge in [-0.25, -0.2) is 9.79 Å². The lowest BCUT2D eigenvalue weighted by Crippen LogP contribution is -2.35. The zero-order valence-electron chi connectivity index (χ0n) is 12.5. The number of aliphatic imine (C=N–C) groups is 1. The molecule has 0 aliphatic carbocycles. The molecule has 0 saturated carbocycles. The van der Waals surface area contributed by atoms with Crippen LogP contribution in [0.2, 0.25) is 0 Å². The first-order chi connectivity index (χ1) is 9.81. The first-order valence-corrected chi connectivity index (χ1v) is 7.36. The fourth-order valence-corrected chi connectivity index (χ4v) is 2.27. The number of benzene rings is 1. The summed E-state index contributed by atoms with van der Waals surface area (Å²) in [7, 11) is 0. The molecule has 2 N–H and O–H groups in total. The molecule has 21 heavy (non-hydrogen) atoms. The Morgan fingerprint density at radius 1 is 1.48 bits per heavy atom. The first-order valence-electron chi connectivity index (χ1n) is 6.83. The summed E-state index contributed by atoms with van der Waals surface area (Å²) in [6.45, 7) is 6.11. The summed E-state index contributed by atoms with van der Waals surface area (Å²) in [5, 5.41) is 0. The van der Waals surface area contributed by atoms with Crippen LogP contribution < -0.4 is 10.6 Å². The van der Waals surface area contributed by atoms with Crippen molar-refractivity contribution in [2.45, 2.75) is 32.8 Å². The van der Waals surface area contributed by atoms with Crippen molar-refractivity contribution in [2.24, 2.45) is 10.7 Å². The van der Waals surface area contributed by atoms with Crippen molar-refractivity contribution in [1.29, 1.82) is 0 Å². The third-order valence-corrected chi connectivity index (χ3v) is 3.26. The number of hydrogen-bond acceptors (Lipinski definition) is 3. The number of ether oxygens (including phenoxy) is 1. The van der Waals surface area contributed by atoms with Gasteiger partial charge in [-0.2, -0.15) is 0 Å². The summed E-state index contributed by atoms with van der Waals surface area (Å²) in [6.07, 6.45) is 0.409. The molecule has 0 saturated heterocycles. The molecule has 0 unspecified atom stereocenters. The molecule has 0 spiro atoms. The number of rotatable bonds is 2. The number of amidine groups is 1. The molecule has 1 amide bonds. The van der Waals surface area contributed by atoms with Gasteiger partial charge in [0, 0.05) is 6.54 Å². The summed E-state index contributed by atoms with van der Waals surface area (Å²) in [4.78, 5) is 18.2. The van der Waals surface area contributed by atoms with Crippen molar-refractivity contribution in [2.75, 3.05) is 17.3 Å². The molecule has 1 aromatic carbocycles. The molecule has 1 heterocycles. The van der Waals surface area contributed by atoms with E-state index in [2.05, 4.69) is 4.99 Å². The molecule has 0 atom stereocenters. The van der Waals surface area contributed by atoms with E-state index in [1.165, 1.54) is 0 Å². The maximum absolute atomic E-state index is 12.3. The van der Waals surface area contributed by atoms with Crippen LogP contribution in [0.1, 0.15) is 26.3 Å². The highest BCUT2D eigenvalue weighted by Gasteiger charge is 2.30. The predicted octanol–water partition coefficient (Wildman–Crippen LogP) is 3.21. The molecule has 1 aliphatic rings. The monoisotopic (exact) mass is 309 g/mol. The highest BCUT2D eigenvalue weighted by molar-refractivity contribution is 6.28. The molecule has 6 heteroatoms. The lowest BCUT2D eigenvalue weighted by Gasteiger charge is -2.25. The summed E-state index contributed by atoms with van der Waals surface area (Å²) in [5.74, 6) is 0.469. The van der Waals surface area contributed by atoms with E-state index in [9.17, 15) is 4.79 Å². The zero-order valence-corrected chi connectivity index (χ0v) is 13.3. The summed E-state index contributed by atoms with van der Waals surface area (Å²) in [6, 6.07) is 5.70. The van der Waals surface area contributed by atoms with Gasteiger partial charge >= 0.3 is 6.09 Å². The maximum atomic E-state index is 12.3. The minimum absolute atomic E-state index is 0.149. The number of amides is 1. The molecule has 0 bridgehead atoms. The van der Waals surface area contributed by atoms with E-state index in [1.807, 2.05) is 39.0 Å². The van der Waals surface area contributed by atoms with Crippen molar-refractivity contribution in [1.82, 2.24) is 0 Å². The molecule has 0 fully saturated rings. The fraction of sp³-hybridized carbons (Fsp3) is 0.467. The zero-order chi connectivity index (χ0) is 15.6. The average molecular weight is 310 g/mol. The Bertz CT molecular complexity index is 579. The van der Waals surface area contributed by atoms with Crippen LogP contribution in [0.15, 0.2) is 23.2 Å². The van der Waals surface area contributed by atoms with Crippen molar-refractivity contribution in [3.8, 4) is 0 Å². The van der Waals surface area contributed by atoms with Crippen LogP contribution >= 0.6 is 11.6 Å². The Balaban J connectivity index is 2.36.